The molecule has 0 saturated carbocycles. The van der Waals surface area contributed by atoms with E-state index in [0.717, 1.165) is 49.0 Å². The van der Waals surface area contributed by atoms with E-state index in [1.807, 2.05) is 37.3 Å². The van der Waals surface area contributed by atoms with Crippen LogP contribution >= 0.6 is 0 Å². The van der Waals surface area contributed by atoms with Crippen molar-refractivity contribution < 1.29 is 14.3 Å². The van der Waals surface area contributed by atoms with E-state index in [1.165, 1.54) is 6.42 Å². The van der Waals surface area contributed by atoms with Crippen molar-refractivity contribution in [3.63, 3.8) is 0 Å². The van der Waals surface area contributed by atoms with E-state index in [-0.39, 0.29) is 24.2 Å². The first-order valence-electron chi connectivity index (χ1n) is 10.8. The number of anilines is 2. The van der Waals surface area contributed by atoms with Crippen molar-refractivity contribution in [1.29, 1.82) is 0 Å². The van der Waals surface area contributed by atoms with Gasteiger partial charge in [0.2, 0.25) is 17.8 Å². The zero-order valence-corrected chi connectivity index (χ0v) is 18.1. The summed E-state index contributed by atoms with van der Waals surface area (Å²) in [5, 5.41) is 2.96. The van der Waals surface area contributed by atoms with Crippen molar-refractivity contribution >= 4 is 23.5 Å². The molecule has 2 amide bonds. The molecule has 1 unspecified atom stereocenters. The molecule has 0 aliphatic carbocycles. The van der Waals surface area contributed by atoms with Crippen molar-refractivity contribution in [2.75, 3.05) is 36.5 Å². The summed E-state index contributed by atoms with van der Waals surface area (Å²) in [5.41, 5.74) is 2.42. The Morgan fingerprint density at radius 3 is 2.77 bits per heavy atom. The Morgan fingerprint density at radius 2 is 2.00 bits per heavy atom. The number of hydrogen-bond donors (Lipinski definition) is 1. The third kappa shape index (κ3) is 4.95. The van der Waals surface area contributed by atoms with E-state index in [0.29, 0.717) is 18.8 Å². The summed E-state index contributed by atoms with van der Waals surface area (Å²) in [4.78, 5) is 38.4. The zero-order chi connectivity index (χ0) is 21.8. The number of aromatic nitrogens is 2. The maximum absolute atomic E-state index is 12.8. The van der Waals surface area contributed by atoms with Gasteiger partial charge >= 0.3 is 0 Å². The van der Waals surface area contributed by atoms with Crippen molar-refractivity contribution in [3.8, 4) is 5.75 Å². The number of carbonyl (C=O) groups excluding carboxylic acids is 2. The molecule has 1 atom stereocenters. The number of hydrogen-bond acceptors (Lipinski definition) is 6. The minimum absolute atomic E-state index is 0.0568. The van der Waals surface area contributed by atoms with Crippen LogP contribution in [0.25, 0.3) is 0 Å². The SMILES string of the molecule is COc1cccc(N2CC(C(=O)NCc3cc(C)nc(N4CCCCC4)n3)CC2=O)c1. The van der Waals surface area contributed by atoms with E-state index in [9.17, 15) is 9.59 Å². The van der Waals surface area contributed by atoms with Crippen LogP contribution in [0.15, 0.2) is 30.3 Å². The summed E-state index contributed by atoms with van der Waals surface area (Å²) in [6.07, 6.45) is 3.76. The van der Waals surface area contributed by atoms with Gasteiger partial charge in [-0.15, -0.1) is 0 Å². The van der Waals surface area contributed by atoms with E-state index in [1.54, 1.807) is 12.0 Å². The van der Waals surface area contributed by atoms with E-state index < -0.39 is 0 Å². The van der Waals surface area contributed by atoms with Gasteiger partial charge in [0.05, 0.1) is 25.3 Å². The molecule has 8 heteroatoms. The number of benzene rings is 1. The largest absolute Gasteiger partial charge is 0.497 e. The molecule has 0 radical (unpaired) electrons. The van der Waals surface area contributed by atoms with E-state index in [2.05, 4.69) is 20.2 Å². The van der Waals surface area contributed by atoms with Crippen LogP contribution in [0.2, 0.25) is 0 Å². The molecule has 0 bridgehead atoms. The van der Waals surface area contributed by atoms with Gasteiger partial charge in [-0.3, -0.25) is 9.59 Å². The number of amides is 2. The minimum atomic E-state index is -0.386. The minimum Gasteiger partial charge on any atom is -0.497 e. The van der Waals surface area contributed by atoms with Gasteiger partial charge in [-0.1, -0.05) is 6.07 Å². The second-order valence-corrected chi connectivity index (χ2v) is 8.17. The van der Waals surface area contributed by atoms with Gasteiger partial charge in [-0.25, -0.2) is 9.97 Å². The lowest BCUT2D eigenvalue weighted by Crippen LogP contribution is -2.34. The van der Waals surface area contributed by atoms with Gasteiger partial charge in [0.1, 0.15) is 5.75 Å². The molecule has 1 aromatic heterocycles. The Balaban J connectivity index is 1.38. The lowest BCUT2D eigenvalue weighted by Gasteiger charge is -2.27. The molecule has 1 N–H and O–H groups in total. The molecule has 2 aliphatic heterocycles. The first kappa shape index (κ1) is 21.1. The van der Waals surface area contributed by atoms with Crippen molar-refractivity contribution in [2.45, 2.75) is 39.2 Å². The van der Waals surface area contributed by atoms with E-state index >= 15 is 0 Å². The average Bonchev–Trinajstić information content (AvgIpc) is 3.19. The number of aryl methyl sites for hydroxylation is 1. The molecular weight excluding hydrogens is 394 g/mol. The van der Waals surface area contributed by atoms with Crippen molar-refractivity contribution in [1.82, 2.24) is 15.3 Å². The number of nitrogens with zero attached hydrogens (tertiary/aromatic N) is 4. The average molecular weight is 424 g/mol. The Hall–Kier alpha value is -3.16. The fourth-order valence-corrected chi connectivity index (χ4v) is 4.18. The summed E-state index contributed by atoms with van der Waals surface area (Å²) in [6.45, 7) is 4.58. The van der Waals surface area contributed by atoms with Crippen LogP contribution in [0.3, 0.4) is 0 Å². The Kier molecular flexibility index (Phi) is 6.34. The standard InChI is InChI=1S/C23H29N5O3/c1-16-11-18(26-23(25-16)27-9-4-3-5-10-27)14-24-22(30)17-12-21(29)28(15-17)19-7-6-8-20(13-19)31-2/h6-8,11,13,17H,3-5,9-10,12,14-15H2,1-2H3,(H,24,30). The third-order valence-corrected chi connectivity index (χ3v) is 5.84. The van der Waals surface area contributed by atoms with Gasteiger partial charge in [-0.2, -0.15) is 0 Å². The first-order valence-corrected chi connectivity index (χ1v) is 10.8. The Morgan fingerprint density at radius 1 is 1.19 bits per heavy atom. The number of nitrogens with one attached hydrogen (secondary N) is 1. The maximum Gasteiger partial charge on any atom is 0.227 e. The number of carbonyl (C=O) groups is 2. The number of ether oxygens (including phenoxy) is 1. The van der Waals surface area contributed by atoms with E-state index in [4.69, 9.17) is 4.74 Å². The molecule has 2 aliphatic rings. The molecule has 0 spiro atoms. The highest BCUT2D eigenvalue weighted by Gasteiger charge is 2.35. The van der Waals surface area contributed by atoms with Crippen LogP contribution in [0.1, 0.15) is 37.1 Å². The zero-order valence-electron chi connectivity index (χ0n) is 18.1. The van der Waals surface area contributed by atoms with Crippen LogP contribution in [0.4, 0.5) is 11.6 Å². The summed E-state index contributed by atoms with van der Waals surface area (Å²) in [5.74, 6) is 0.849. The van der Waals surface area contributed by atoms with Crippen molar-refractivity contribution in [2.24, 2.45) is 5.92 Å². The normalized spacial score (nSPS) is 18.9. The predicted molar refractivity (Wildman–Crippen MR) is 118 cm³/mol. The highest BCUT2D eigenvalue weighted by molar-refractivity contribution is 6.00. The van der Waals surface area contributed by atoms with Crippen LogP contribution in [-0.2, 0) is 16.1 Å². The number of rotatable bonds is 6. The number of piperidine rings is 1. The lowest BCUT2D eigenvalue weighted by atomic mass is 10.1. The Bertz CT molecular complexity index is 958. The fourth-order valence-electron chi connectivity index (χ4n) is 4.18. The molecule has 8 nitrogen and oxygen atoms in total. The highest BCUT2D eigenvalue weighted by atomic mass is 16.5. The molecule has 164 valence electrons. The molecule has 2 fully saturated rings. The van der Waals surface area contributed by atoms with Gasteiger partial charge in [0, 0.05) is 43.5 Å². The smallest absolute Gasteiger partial charge is 0.227 e. The summed E-state index contributed by atoms with van der Waals surface area (Å²) in [6, 6.07) is 9.23. The Labute approximate surface area is 182 Å². The highest BCUT2D eigenvalue weighted by Crippen LogP contribution is 2.28. The quantitative estimate of drug-likeness (QED) is 0.768. The van der Waals surface area contributed by atoms with Crippen LogP contribution in [0.5, 0.6) is 5.75 Å². The summed E-state index contributed by atoms with van der Waals surface area (Å²) >= 11 is 0. The monoisotopic (exact) mass is 423 g/mol. The number of methoxy groups -OCH3 is 1. The third-order valence-electron chi connectivity index (χ3n) is 5.84. The van der Waals surface area contributed by atoms with Gasteiger partial charge in [0.15, 0.2) is 0 Å². The molecule has 2 saturated heterocycles. The molecule has 3 heterocycles. The molecular formula is C23H29N5O3. The van der Waals surface area contributed by atoms with Gasteiger partial charge in [-0.05, 0) is 44.4 Å². The summed E-state index contributed by atoms with van der Waals surface area (Å²) < 4.78 is 5.24. The molecule has 1 aromatic carbocycles. The lowest BCUT2D eigenvalue weighted by molar-refractivity contribution is -0.126. The fraction of sp³-hybridized carbons (Fsp3) is 0.478. The van der Waals surface area contributed by atoms with Crippen molar-refractivity contribution in [3.05, 3.63) is 41.7 Å². The van der Waals surface area contributed by atoms with Crippen LogP contribution in [0, 0.1) is 12.8 Å². The topological polar surface area (TPSA) is 87.7 Å². The van der Waals surface area contributed by atoms with Crippen LogP contribution in [-0.4, -0.2) is 48.5 Å². The molecule has 31 heavy (non-hydrogen) atoms. The second kappa shape index (κ2) is 9.32. The van der Waals surface area contributed by atoms with Gasteiger partial charge < -0.3 is 19.9 Å². The molecule has 2 aromatic rings. The second-order valence-electron chi connectivity index (χ2n) is 8.17. The maximum atomic E-state index is 12.8. The molecule has 4 rings (SSSR count). The van der Waals surface area contributed by atoms with Crippen LogP contribution < -0.4 is 19.9 Å². The summed E-state index contributed by atoms with van der Waals surface area (Å²) in [7, 11) is 1.59. The van der Waals surface area contributed by atoms with Gasteiger partial charge in [0.25, 0.3) is 0 Å². The first-order chi connectivity index (χ1) is 15.0. The predicted octanol–water partition coefficient (Wildman–Crippen LogP) is 2.45.